The van der Waals surface area contributed by atoms with Crippen molar-refractivity contribution in [1.29, 1.82) is 0 Å². The van der Waals surface area contributed by atoms with Crippen molar-refractivity contribution in [2.75, 3.05) is 11.1 Å². The van der Waals surface area contributed by atoms with E-state index in [2.05, 4.69) is 11.4 Å². The van der Waals surface area contributed by atoms with Crippen LogP contribution in [0.5, 0.6) is 0 Å². The molecular weight excluding hydrogens is 320 g/mol. The summed E-state index contributed by atoms with van der Waals surface area (Å²) in [5.74, 6) is -0.390. The summed E-state index contributed by atoms with van der Waals surface area (Å²) in [4.78, 5) is 24.5. The van der Waals surface area contributed by atoms with Crippen LogP contribution >= 0.6 is 11.8 Å². The number of hydrogen-bond acceptors (Lipinski definition) is 3. The SMILES string of the molecule is NC(=O)CSc1ccccc1C(=O)Nc1cccc2c1CCCC2. The number of aryl methyl sites for hydroxylation is 1. The second kappa shape index (κ2) is 7.53. The fraction of sp³-hybridized carbons (Fsp3) is 0.263. The van der Waals surface area contributed by atoms with Crippen molar-refractivity contribution in [1.82, 2.24) is 0 Å². The van der Waals surface area contributed by atoms with Gasteiger partial charge in [0, 0.05) is 10.6 Å². The van der Waals surface area contributed by atoms with Crippen LogP contribution in [-0.4, -0.2) is 17.6 Å². The van der Waals surface area contributed by atoms with Crippen molar-refractivity contribution in [2.45, 2.75) is 30.6 Å². The highest BCUT2D eigenvalue weighted by Gasteiger charge is 2.17. The summed E-state index contributed by atoms with van der Waals surface area (Å²) in [6.07, 6.45) is 4.44. The van der Waals surface area contributed by atoms with Crippen LogP contribution in [0.15, 0.2) is 47.4 Å². The van der Waals surface area contributed by atoms with Gasteiger partial charge in [-0.05, 0) is 55.0 Å². The number of amides is 2. The highest BCUT2D eigenvalue weighted by molar-refractivity contribution is 8.00. The second-order valence-corrected chi connectivity index (χ2v) is 6.87. The van der Waals surface area contributed by atoms with Gasteiger partial charge in [0.2, 0.25) is 5.91 Å². The van der Waals surface area contributed by atoms with E-state index in [-0.39, 0.29) is 11.7 Å². The Morgan fingerprint density at radius 3 is 2.67 bits per heavy atom. The van der Waals surface area contributed by atoms with Gasteiger partial charge in [0.15, 0.2) is 0 Å². The molecule has 0 fully saturated rings. The van der Waals surface area contributed by atoms with E-state index in [1.807, 2.05) is 30.3 Å². The number of fused-ring (bicyclic) bond motifs is 1. The Kier molecular flexibility index (Phi) is 5.20. The summed E-state index contributed by atoms with van der Waals surface area (Å²) in [6.45, 7) is 0. The molecule has 0 saturated carbocycles. The molecule has 5 heteroatoms. The van der Waals surface area contributed by atoms with Gasteiger partial charge in [-0.2, -0.15) is 0 Å². The fourth-order valence-corrected chi connectivity index (χ4v) is 3.81. The predicted molar refractivity (Wildman–Crippen MR) is 97.4 cm³/mol. The molecule has 0 radical (unpaired) electrons. The maximum Gasteiger partial charge on any atom is 0.256 e. The average molecular weight is 340 g/mol. The van der Waals surface area contributed by atoms with Crippen LogP contribution in [0.1, 0.15) is 34.3 Å². The van der Waals surface area contributed by atoms with Gasteiger partial charge < -0.3 is 11.1 Å². The molecule has 24 heavy (non-hydrogen) atoms. The van der Waals surface area contributed by atoms with Gasteiger partial charge >= 0.3 is 0 Å². The van der Waals surface area contributed by atoms with Crippen LogP contribution < -0.4 is 11.1 Å². The van der Waals surface area contributed by atoms with Crippen LogP contribution in [0.3, 0.4) is 0 Å². The summed E-state index contributed by atoms with van der Waals surface area (Å²) in [5, 5.41) is 3.05. The third-order valence-electron chi connectivity index (χ3n) is 4.15. The first kappa shape index (κ1) is 16.6. The normalized spacial score (nSPS) is 13.2. The zero-order valence-corrected chi connectivity index (χ0v) is 14.2. The molecule has 0 unspecified atom stereocenters. The summed E-state index contributed by atoms with van der Waals surface area (Å²) in [5.41, 5.74) is 9.25. The number of rotatable bonds is 5. The van der Waals surface area contributed by atoms with Crippen LogP contribution in [0.2, 0.25) is 0 Å². The molecule has 0 bridgehead atoms. The number of thioether (sulfide) groups is 1. The Morgan fingerprint density at radius 2 is 1.83 bits per heavy atom. The second-order valence-electron chi connectivity index (χ2n) is 5.86. The van der Waals surface area contributed by atoms with E-state index in [1.54, 1.807) is 6.07 Å². The standard InChI is InChI=1S/C19H20N2O2S/c20-18(22)12-24-17-11-4-3-9-15(17)19(23)21-16-10-5-7-13-6-1-2-8-14(13)16/h3-5,7,9-11H,1-2,6,8,12H2,(H2,20,22)(H,21,23). The van der Waals surface area contributed by atoms with Crippen molar-refractivity contribution in [3.63, 3.8) is 0 Å². The van der Waals surface area contributed by atoms with Gasteiger partial charge in [0.05, 0.1) is 11.3 Å². The number of carbonyl (C=O) groups is 2. The summed E-state index contributed by atoms with van der Waals surface area (Å²) in [6, 6.07) is 13.4. The van der Waals surface area contributed by atoms with E-state index >= 15 is 0 Å². The topological polar surface area (TPSA) is 72.2 Å². The zero-order chi connectivity index (χ0) is 16.9. The summed E-state index contributed by atoms with van der Waals surface area (Å²) in [7, 11) is 0. The molecule has 1 aliphatic rings. The van der Waals surface area contributed by atoms with Gasteiger partial charge in [-0.1, -0.05) is 24.3 Å². The Bertz CT molecular complexity index is 774. The monoisotopic (exact) mass is 340 g/mol. The van der Waals surface area contributed by atoms with Gasteiger partial charge in [0.25, 0.3) is 5.91 Å². The van der Waals surface area contributed by atoms with Crippen LogP contribution in [0.4, 0.5) is 5.69 Å². The number of nitrogens with two attached hydrogens (primary N) is 1. The summed E-state index contributed by atoms with van der Waals surface area (Å²) < 4.78 is 0. The molecule has 0 aliphatic heterocycles. The number of anilines is 1. The minimum Gasteiger partial charge on any atom is -0.369 e. The third-order valence-corrected chi connectivity index (χ3v) is 5.24. The van der Waals surface area contributed by atoms with Crippen molar-refractivity contribution < 1.29 is 9.59 Å². The van der Waals surface area contributed by atoms with E-state index in [0.29, 0.717) is 5.56 Å². The minimum absolute atomic E-state index is 0.151. The maximum atomic E-state index is 12.7. The lowest BCUT2D eigenvalue weighted by molar-refractivity contribution is -0.115. The molecule has 0 saturated heterocycles. The van der Waals surface area contributed by atoms with Crippen molar-refractivity contribution in [3.05, 3.63) is 59.2 Å². The predicted octanol–water partition coefficient (Wildman–Crippen LogP) is 3.40. The van der Waals surface area contributed by atoms with Crippen molar-refractivity contribution in [2.24, 2.45) is 5.73 Å². The van der Waals surface area contributed by atoms with Gasteiger partial charge in [0.1, 0.15) is 0 Å². The molecule has 2 amide bonds. The average Bonchev–Trinajstić information content (AvgIpc) is 2.60. The van der Waals surface area contributed by atoms with E-state index in [1.165, 1.54) is 29.3 Å². The molecule has 3 N–H and O–H groups in total. The van der Waals surface area contributed by atoms with Crippen molar-refractivity contribution in [3.8, 4) is 0 Å². The number of benzene rings is 2. The number of nitrogens with one attached hydrogen (secondary N) is 1. The van der Waals surface area contributed by atoms with Crippen LogP contribution in [-0.2, 0) is 17.6 Å². The minimum atomic E-state index is -0.396. The molecule has 1 aliphatic carbocycles. The quantitative estimate of drug-likeness (QED) is 0.820. The van der Waals surface area contributed by atoms with E-state index in [0.717, 1.165) is 29.8 Å². The van der Waals surface area contributed by atoms with Gasteiger partial charge in [-0.25, -0.2) is 0 Å². The molecule has 0 aromatic heterocycles. The highest BCUT2D eigenvalue weighted by Crippen LogP contribution is 2.29. The molecule has 0 heterocycles. The number of hydrogen-bond donors (Lipinski definition) is 2. The third kappa shape index (κ3) is 3.79. The largest absolute Gasteiger partial charge is 0.369 e. The van der Waals surface area contributed by atoms with Crippen LogP contribution in [0, 0.1) is 0 Å². The van der Waals surface area contributed by atoms with Gasteiger partial charge in [-0.3, -0.25) is 9.59 Å². The molecule has 3 rings (SSSR count). The molecule has 0 spiro atoms. The number of carbonyl (C=O) groups excluding carboxylic acids is 2. The fourth-order valence-electron chi connectivity index (χ4n) is 3.02. The van der Waals surface area contributed by atoms with Crippen molar-refractivity contribution >= 4 is 29.3 Å². The lowest BCUT2D eigenvalue weighted by atomic mass is 9.90. The Hall–Kier alpha value is -2.27. The lowest BCUT2D eigenvalue weighted by Crippen LogP contribution is -2.17. The molecule has 124 valence electrons. The van der Waals surface area contributed by atoms with E-state index in [4.69, 9.17) is 5.73 Å². The molecular formula is C19H20N2O2S. The Balaban J connectivity index is 1.82. The Morgan fingerprint density at radius 1 is 1.04 bits per heavy atom. The van der Waals surface area contributed by atoms with E-state index < -0.39 is 5.91 Å². The van der Waals surface area contributed by atoms with E-state index in [9.17, 15) is 9.59 Å². The molecule has 0 atom stereocenters. The molecule has 2 aromatic carbocycles. The lowest BCUT2D eigenvalue weighted by Gasteiger charge is -2.20. The zero-order valence-electron chi connectivity index (χ0n) is 13.4. The van der Waals surface area contributed by atoms with Gasteiger partial charge in [-0.15, -0.1) is 11.8 Å². The highest BCUT2D eigenvalue weighted by atomic mass is 32.2. The Labute approximate surface area is 145 Å². The number of primary amides is 1. The molecule has 4 nitrogen and oxygen atoms in total. The first-order valence-corrected chi connectivity index (χ1v) is 9.06. The van der Waals surface area contributed by atoms with Crippen LogP contribution in [0.25, 0.3) is 0 Å². The summed E-state index contributed by atoms with van der Waals surface area (Å²) >= 11 is 1.29. The maximum absolute atomic E-state index is 12.7. The molecule has 2 aromatic rings. The first-order valence-electron chi connectivity index (χ1n) is 8.07. The first-order chi connectivity index (χ1) is 11.6. The smallest absolute Gasteiger partial charge is 0.256 e.